The first-order valence-electron chi connectivity index (χ1n) is 5.60. The third-order valence-corrected chi connectivity index (χ3v) is 3.24. The van der Waals surface area contributed by atoms with Gasteiger partial charge in [0.15, 0.2) is 11.6 Å². The number of benzene rings is 1. The van der Waals surface area contributed by atoms with Crippen molar-refractivity contribution in [1.29, 1.82) is 0 Å². The van der Waals surface area contributed by atoms with E-state index in [1.54, 1.807) is 0 Å². The van der Waals surface area contributed by atoms with E-state index in [0.717, 1.165) is 4.90 Å². The first kappa shape index (κ1) is 14.4. The summed E-state index contributed by atoms with van der Waals surface area (Å²) >= 11 is 5.70. The van der Waals surface area contributed by atoms with Gasteiger partial charge in [-0.15, -0.1) is 0 Å². The van der Waals surface area contributed by atoms with Gasteiger partial charge in [-0.1, -0.05) is 11.6 Å². The smallest absolute Gasteiger partial charge is 0.256 e. The topological polar surface area (TPSA) is 66.5 Å². The van der Waals surface area contributed by atoms with E-state index in [1.807, 2.05) is 0 Å². The predicted octanol–water partition coefficient (Wildman–Crippen LogP) is 1.11. The SMILES string of the molecule is CC1C(=O)NC(=O)CN1C(=O)c1cc(F)c(F)cc1Cl. The Balaban J connectivity index is 2.38. The lowest BCUT2D eigenvalue weighted by atomic mass is 10.1. The lowest BCUT2D eigenvalue weighted by Gasteiger charge is -2.31. The van der Waals surface area contributed by atoms with Gasteiger partial charge in [0.25, 0.3) is 5.91 Å². The van der Waals surface area contributed by atoms with E-state index in [9.17, 15) is 23.2 Å². The monoisotopic (exact) mass is 302 g/mol. The molecule has 0 bridgehead atoms. The normalized spacial score (nSPS) is 19.0. The largest absolute Gasteiger partial charge is 0.318 e. The van der Waals surface area contributed by atoms with Crippen LogP contribution in [-0.4, -0.2) is 35.2 Å². The molecule has 0 saturated carbocycles. The number of carbonyl (C=O) groups excluding carboxylic acids is 3. The van der Waals surface area contributed by atoms with Gasteiger partial charge in [0.05, 0.1) is 10.6 Å². The minimum Gasteiger partial charge on any atom is -0.318 e. The van der Waals surface area contributed by atoms with Gasteiger partial charge in [-0.2, -0.15) is 0 Å². The third kappa shape index (κ3) is 2.49. The number of piperazine rings is 1. The fourth-order valence-corrected chi connectivity index (χ4v) is 2.03. The Bertz CT molecular complexity index is 621. The maximum absolute atomic E-state index is 13.2. The van der Waals surface area contributed by atoms with E-state index in [2.05, 4.69) is 5.32 Å². The van der Waals surface area contributed by atoms with Crippen LogP contribution in [0.25, 0.3) is 0 Å². The maximum Gasteiger partial charge on any atom is 0.256 e. The molecule has 3 amide bonds. The van der Waals surface area contributed by atoms with Crippen LogP contribution < -0.4 is 5.32 Å². The molecule has 1 N–H and O–H groups in total. The summed E-state index contributed by atoms with van der Waals surface area (Å²) in [5.41, 5.74) is -0.306. The first-order valence-corrected chi connectivity index (χ1v) is 5.98. The van der Waals surface area contributed by atoms with Crippen molar-refractivity contribution in [2.24, 2.45) is 0 Å². The molecule has 106 valence electrons. The van der Waals surface area contributed by atoms with Gasteiger partial charge in [0.1, 0.15) is 12.6 Å². The van der Waals surface area contributed by atoms with Gasteiger partial charge >= 0.3 is 0 Å². The van der Waals surface area contributed by atoms with Crippen LogP contribution in [0.5, 0.6) is 0 Å². The van der Waals surface area contributed by atoms with E-state index < -0.39 is 35.4 Å². The summed E-state index contributed by atoms with van der Waals surface area (Å²) in [7, 11) is 0. The van der Waals surface area contributed by atoms with Crippen LogP contribution in [0.15, 0.2) is 12.1 Å². The summed E-state index contributed by atoms with van der Waals surface area (Å²) in [5.74, 6) is -4.54. The third-order valence-electron chi connectivity index (χ3n) is 2.92. The van der Waals surface area contributed by atoms with Gasteiger partial charge in [0, 0.05) is 0 Å². The molecule has 0 spiro atoms. The molecule has 1 aliphatic rings. The van der Waals surface area contributed by atoms with Crippen molar-refractivity contribution in [3.8, 4) is 0 Å². The number of imide groups is 1. The number of hydrogen-bond donors (Lipinski definition) is 1. The molecular weight excluding hydrogens is 294 g/mol. The van der Waals surface area contributed by atoms with Crippen LogP contribution in [0.4, 0.5) is 8.78 Å². The Kier molecular flexibility index (Phi) is 3.71. The van der Waals surface area contributed by atoms with Crippen LogP contribution in [-0.2, 0) is 9.59 Å². The number of halogens is 3. The molecule has 8 heteroatoms. The Morgan fingerprint density at radius 3 is 2.60 bits per heavy atom. The molecule has 0 radical (unpaired) electrons. The van der Waals surface area contributed by atoms with Crippen molar-refractivity contribution in [3.63, 3.8) is 0 Å². The van der Waals surface area contributed by atoms with Crippen LogP contribution in [0.3, 0.4) is 0 Å². The van der Waals surface area contributed by atoms with Gasteiger partial charge in [-0.05, 0) is 19.1 Å². The molecule has 1 fully saturated rings. The zero-order valence-corrected chi connectivity index (χ0v) is 11.0. The molecule has 20 heavy (non-hydrogen) atoms. The second kappa shape index (κ2) is 5.16. The van der Waals surface area contributed by atoms with E-state index >= 15 is 0 Å². The molecule has 1 aliphatic heterocycles. The molecule has 1 saturated heterocycles. The molecule has 1 aromatic rings. The summed E-state index contributed by atoms with van der Waals surface area (Å²) < 4.78 is 26.2. The van der Waals surface area contributed by atoms with E-state index in [4.69, 9.17) is 11.6 Å². The summed E-state index contributed by atoms with van der Waals surface area (Å²) in [6, 6.07) is 0.397. The average molecular weight is 303 g/mol. The molecule has 0 aliphatic carbocycles. The quantitative estimate of drug-likeness (QED) is 0.624. The van der Waals surface area contributed by atoms with Crippen molar-refractivity contribution < 1.29 is 23.2 Å². The molecule has 1 aromatic carbocycles. The zero-order valence-electron chi connectivity index (χ0n) is 10.2. The van der Waals surface area contributed by atoms with Crippen molar-refractivity contribution in [1.82, 2.24) is 10.2 Å². The van der Waals surface area contributed by atoms with Crippen molar-refractivity contribution in [2.45, 2.75) is 13.0 Å². The highest BCUT2D eigenvalue weighted by molar-refractivity contribution is 6.34. The summed E-state index contributed by atoms with van der Waals surface area (Å²) in [6.45, 7) is 1.05. The van der Waals surface area contributed by atoms with Gasteiger partial charge in [-0.3, -0.25) is 19.7 Å². The molecule has 1 heterocycles. The number of nitrogens with one attached hydrogen (secondary N) is 1. The van der Waals surface area contributed by atoms with Gasteiger partial charge < -0.3 is 4.90 Å². The lowest BCUT2D eigenvalue weighted by molar-refractivity contribution is -0.138. The standard InChI is InChI=1S/C12H9ClF2N2O3/c1-5-11(19)16-10(18)4-17(5)12(20)6-2-8(14)9(15)3-7(6)13/h2-3,5H,4H2,1H3,(H,16,18,19). The number of hydrogen-bond acceptors (Lipinski definition) is 3. The Morgan fingerprint density at radius 2 is 1.95 bits per heavy atom. The maximum atomic E-state index is 13.2. The van der Waals surface area contributed by atoms with Crippen LogP contribution in [0.1, 0.15) is 17.3 Å². The fourth-order valence-electron chi connectivity index (χ4n) is 1.80. The van der Waals surface area contributed by atoms with Crippen molar-refractivity contribution >= 4 is 29.3 Å². The predicted molar refractivity (Wildman–Crippen MR) is 65.0 cm³/mol. The lowest BCUT2D eigenvalue weighted by Crippen LogP contribution is -2.58. The van der Waals surface area contributed by atoms with Crippen LogP contribution in [0, 0.1) is 11.6 Å². The number of nitrogens with zero attached hydrogens (tertiary/aromatic N) is 1. The van der Waals surface area contributed by atoms with Crippen LogP contribution >= 0.6 is 11.6 Å². The van der Waals surface area contributed by atoms with Gasteiger partial charge in [-0.25, -0.2) is 8.78 Å². The van der Waals surface area contributed by atoms with E-state index in [1.165, 1.54) is 6.92 Å². The minimum absolute atomic E-state index is 0.292. The Morgan fingerprint density at radius 1 is 1.35 bits per heavy atom. The summed E-state index contributed by atoms with van der Waals surface area (Å²) in [6.07, 6.45) is 0. The highest BCUT2D eigenvalue weighted by Crippen LogP contribution is 2.23. The second-order valence-electron chi connectivity index (χ2n) is 4.27. The average Bonchev–Trinajstić information content (AvgIpc) is 2.37. The van der Waals surface area contributed by atoms with Crippen molar-refractivity contribution in [3.05, 3.63) is 34.4 Å². The molecule has 1 unspecified atom stereocenters. The summed E-state index contributed by atoms with van der Waals surface area (Å²) in [5, 5.41) is 1.77. The molecular formula is C12H9ClF2N2O3. The fraction of sp³-hybridized carbons (Fsp3) is 0.250. The van der Waals surface area contributed by atoms with Gasteiger partial charge in [0.2, 0.25) is 11.8 Å². The molecule has 5 nitrogen and oxygen atoms in total. The first-order chi connectivity index (χ1) is 9.31. The summed E-state index contributed by atoms with van der Waals surface area (Å²) in [4.78, 5) is 35.9. The number of amides is 3. The number of rotatable bonds is 1. The highest BCUT2D eigenvalue weighted by Gasteiger charge is 2.35. The van der Waals surface area contributed by atoms with E-state index in [0.29, 0.717) is 12.1 Å². The van der Waals surface area contributed by atoms with Crippen molar-refractivity contribution in [2.75, 3.05) is 6.54 Å². The minimum atomic E-state index is -1.24. The molecule has 1 atom stereocenters. The van der Waals surface area contributed by atoms with E-state index in [-0.39, 0.29) is 17.1 Å². The Labute approximate surface area is 117 Å². The second-order valence-corrected chi connectivity index (χ2v) is 4.67. The molecule has 2 rings (SSSR count). The van der Waals surface area contributed by atoms with Crippen LogP contribution in [0.2, 0.25) is 5.02 Å². The zero-order chi connectivity index (χ0) is 15.0. The highest BCUT2D eigenvalue weighted by atomic mass is 35.5. The Hall–Kier alpha value is -2.02. The number of carbonyl (C=O) groups is 3. The molecule has 0 aromatic heterocycles.